The minimum absolute atomic E-state index is 0.408. The van der Waals surface area contributed by atoms with Gasteiger partial charge in [0.15, 0.2) is 0 Å². The lowest BCUT2D eigenvalue weighted by atomic mass is 9.94. The van der Waals surface area contributed by atoms with E-state index < -0.39 is 0 Å². The lowest BCUT2D eigenvalue weighted by Gasteiger charge is -2.15. The molecule has 0 amide bonds. The van der Waals surface area contributed by atoms with Crippen molar-refractivity contribution in [2.75, 3.05) is 7.11 Å². The van der Waals surface area contributed by atoms with E-state index in [1.807, 2.05) is 30.5 Å². The van der Waals surface area contributed by atoms with Gasteiger partial charge in [0.2, 0.25) is 0 Å². The van der Waals surface area contributed by atoms with E-state index in [1.54, 1.807) is 7.11 Å². The highest BCUT2D eigenvalue weighted by Crippen LogP contribution is 2.32. The molecule has 4 rings (SSSR count). The van der Waals surface area contributed by atoms with E-state index in [2.05, 4.69) is 56.3 Å². The Morgan fingerprint density at radius 2 is 1.50 bits per heavy atom. The molecule has 4 aromatic rings. The summed E-state index contributed by atoms with van der Waals surface area (Å²) in [6.45, 7) is 4.77. The lowest BCUT2D eigenvalue weighted by molar-refractivity contribution is 0.296. The van der Waals surface area contributed by atoms with Crippen molar-refractivity contribution >= 4 is 10.8 Å². The molecule has 0 atom stereocenters. The molecule has 152 valence electrons. The largest absolute Gasteiger partial charge is 0.496 e. The Morgan fingerprint density at radius 1 is 0.767 bits per heavy atom. The van der Waals surface area contributed by atoms with Crippen molar-refractivity contribution in [1.29, 1.82) is 0 Å². The number of pyridine rings is 1. The minimum atomic E-state index is 0.408. The van der Waals surface area contributed by atoms with Crippen LogP contribution in [0.25, 0.3) is 22.0 Å². The van der Waals surface area contributed by atoms with Crippen molar-refractivity contribution < 1.29 is 9.47 Å². The second-order valence-electron chi connectivity index (χ2n) is 7.34. The monoisotopic (exact) mass is 397 g/mol. The summed E-state index contributed by atoms with van der Waals surface area (Å²) >= 11 is 0. The first kappa shape index (κ1) is 20.0. The summed E-state index contributed by atoms with van der Waals surface area (Å²) in [4.78, 5) is 4.78. The van der Waals surface area contributed by atoms with E-state index in [0.29, 0.717) is 6.61 Å². The minimum Gasteiger partial charge on any atom is -0.496 e. The third-order valence-electron chi connectivity index (χ3n) is 5.53. The molecule has 0 fully saturated rings. The number of aromatic nitrogens is 1. The van der Waals surface area contributed by atoms with E-state index in [9.17, 15) is 0 Å². The van der Waals surface area contributed by atoms with Crippen LogP contribution in [0.4, 0.5) is 0 Å². The van der Waals surface area contributed by atoms with Crippen molar-refractivity contribution in [2.45, 2.75) is 33.3 Å². The van der Waals surface area contributed by atoms with E-state index in [-0.39, 0.29) is 0 Å². The number of hydrogen-bond acceptors (Lipinski definition) is 3. The smallest absolute Gasteiger partial charge is 0.129 e. The lowest BCUT2D eigenvalue weighted by Crippen LogP contribution is -2.02. The molecule has 0 bridgehead atoms. The molecule has 1 aromatic heterocycles. The maximum absolute atomic E-state index is 6.06. The fourth-order valence-corrected chi connectivity index (χ4v) is 3.89. The predicted octanol–water partition coefficient (Wildman–Crippen LogP) is 6.61. The average molecular weight is 398 g/mol. The molecule has 0 N–H and O–H groups in total. The van der Waals surface area contributed by atoms with Crippen molar-refractivity contribution in [3.63, 3.8) is 0 Å². The van der Waals surface area contributed by atoms with Crippen LogP contribution in [-0.2, 0) is 19.4 Å². The second kappa shape index (κ2) is 9.00. The van der Waals surface area contributed by atoms with Gasteiger partial charge >= 0.3 is 0 Å². The number of methoxy groups -OCH3 is 1. The Kier molecular flexibility index (Phi) is 5.99. The molecular formula is C27H27NO2. The standard InChI is InChI=1S/C27H27NO2/c1-4-19-11-8-12-20(5-2)27(19)25-16-26(29-3)23(17-28-25)18-30-24-14-13-21-9-6-7-10-22(21)15-24/h6-17H,4-5,18H2,1-3H3. The van der Waals surface area contributed by atoms with E-state index in [0.717, 1.165) is 35.6 Å². The van der Waals surface area contributed by atoms with Crippen LogP contribution in [0.3, 0.4) is 0 Å². The molecule has 0 saturated carbocycles. The molecule has 30 heavy (non-hydrogen) atoms. The molecule has 0 spiro atoms. The number of rotatable bonds is 7. The number of aryl methyl sites for hydroxylation is 2. The Morgan fingerprint density at radius 3 is 2.20 bits per heavy atom. The summed E-state index contributed by atoms with van der Waals surface area (Å²) in [6.07, 6.45) is 3.82. The van der Waals surface area contributed by atoms with Gasteiger partial charge in [0.1, 0.15) is 18.1 Å². The molecule has 0 aliphatic heterocycles. The van der Waals surface area contributed by atoms with E-state index in [1.165, 1.54) is 27.5 Å². The van der Waals surface area contributed by atoms with Gasteiger partial charge in [-0.1, -0.05) is 62.4 Å². The zero-order chi connectivity index (χ0) is 20.9. The van der Waals surface area contributed by atoms with Crippen LogP contribution in [0.15, 0.2) is 72.9 Å². The zero-order valence-corrected chi connectivity index (χ0v) is 17.8. The Balaban J connectivity index is 1.61. The van der Waals surface area contributed by atoms with E-state index in [4.69, 9.17) is 14.5 Å². The van der Waals surface area contributed by atoms with Gasteiger partial charge in [-0.15, -0.1) is 0 Å². The normalized spacial score (nSPS) is 10.9. The number of hydrogen-bond donors (Lipinski definition) is 0. The van der Waals surface area contributed by atoms with Gasteiger partial charge in [-0.3, -0.25) is 4.98 Å². The SMILES string of the molecule is CCc1cccc(CC)c1-c1cc(OC)c(COc2ccc3ccccc3c2)cn1. The summed E-state index contributed by atoms with van der Waals surface area (Å²) in [5.74, 6) is 1.64. The number of ether oxygens (including phenoxy) is 2. The average Bonchev–Trinajstić information content (AvgIpc) is 2.81. The van der Waals surface area contributed by atoms with Gasteiger partial charge in [-0.2, -0.15) is 0 Å². The van der Waals surface area contributed by atoms with Crippen molar-refractivity contribution in [3.05, 3.63) is 89.6 Å². The van der Waals surface area contributed by atoms with Gasteiger partial charge in [-0.05, 0) is 46.9 Å². The molecule has 0 radical (unpaired) electrons. The van der Waals surface area contributed by atoms with Gasteiger partial charge in [0.05, 0.1) is 12.8 Å². The number of nitrogens with zero attached hydrogens (tertiary/aromatic N) is 1. The highest BCUT2D eigenvalue weighted by Gasteiger charge is 2.14. The fraction of sp³-hybridized carbons (Fsp3) is 0.222. The molecule has 0 unspecified atom stereocenters. The fourth-order valence-electron chi connectivity index (χ4n) is 3.89. The molecule has 3 nitrogen and oxygen atoms in total. The number of benzene rings is 3. The van der Waals surface area contributed by atoms with Crippen LogP contribution >= 0.6 is 0 Å². The topological polar surface area (TPSA) is 31.4 Å². The maximum atomic E-state index is 6.06. The van der Waals surface area contributed by atoms with Crippen LogP contribution in [0, 0.1) is 0 Å². The first-order valence-electron chi connectivity index (χ1n) is 10.5. The summed E-state index contributed by atoms with van der Waals surface area (Å²) in [7, 11) is 1.70. The Labute approximate surface area is 178 Å². The van der Waals surface area contributed by atoms with Gasteiger partial charge in [-0.25, -0.2) is 0 Å². The molecule has 0 aliphatic rings. The van der Waals surface area contributed by atoms with Crippen LogP contribution < -0.4 is 9.47 Å². The second-order valence-corrected chi connectivity index (χ2v) is 7.34. The molecule has 1 heterocycles. The van der Waals surface area contributed by atoms with Crippen LogP contribution in [0.2, 0.25) is 0 Å². The van der Waals surface area contributed by atoms with Crippen LogP contribution in [0.5, 0.6) is 11.5 Å². The highest BCUT2D eigenvalue weighted by atomic mass is 16.5. The molecule has 0 saturated heterocycles. The Bertz CT molecular complexity index is 1140. The summed E-state index contributed by atoms with van der Waals surface area (Å²) in [6, 6.07) is 22.9. The Hall–Kier alpha value is -3.33. The third kappa shape index (κ3) is 4.02. The summed E-state index contributed by atoms with van der Waals surface area (Å²) < 4.78 is 11.8. The molecular weight excluding hydrogens is 370 g/mol. The van der Waals surface area contributed by atoms with Gasteiger partial charge in [0.25, 0.3) is 0 Å². The quantitative estimate of drug-likeness (QED) is 0.351. The predicted molar refractivity (Wildman–Crippen MR) is 123 cm³/mol. The van der Waals surface area contributed by atoms with Crippen molar-refractivity contribution in [2.24, 2.45) is 0 Å². The highest BCUT2D eigenvalue weighted by molar-refractivity contribution is 5.83. The third-order valence-corrected chi connectivity index (χ3v) is 5.53. The van der Waals surface area contributed by atoms with Crippen molar-refractivity contribution in [3.8, 4) is 22.8 Å². The number of fused-ring (bicyclic) bond motifs is 1. The zero-order valence-electron chi connectivity index (χ0n) is 17.8. The molecule has 0 aliphatic carbocycles. The van der Waals surface area contributed by atoms with Crippen LogP contribution in [-0.4, -0.2) is 12.1 Å². The molecule has 3 heteroatoms. The van der Waals surface area contributed by atoms with E-state index >= 15 is 0 Å². The summed E-state index contributed by atoms with van der Waals surface area (Å²) in [5.41, 5.74) is 5.73. The van der Waals surface area contributed by atoms with Gasteiger partial charge in [0, 0.05) is 23.4 Å². The first-order valence-corrected chi connectivity index (χ1v) is 10.5. The van der Waals surface area contributed by atoms with Gasteiger partial charge < -0.3 is 9.47 Å². The maximum Gasteiger partial charge on any atom is 0.129 e. The summed E-state index contributed by atoms with van der Waals surface area (Å²) in [5, 5.41) is 2.37. The first-order chi connectivity index (χ1) is 14.7. The molecule has 3 aromatic carbocycles. The van der Waals surface area contributed by atoms with Crippen molar-refractivity contribution in [1.82, 2.24) is 4.98 Å². The van der Waals surface area contributed by atoms with Crippen LogP contribution in [0.1, 0.15) is 30.5 Å².